The zero-order chi connectivity index (χ0) is 11.5. The Hall–Kier alpha value is -1.26. The van der Waals surface area contributed by atoms with E-state index in [1.165, 1.54) is 11.3 Å². The average molecular weight is 255 g/mol. The Kier molecular flexibility index (Phi) is 3.31. The Morgan fingerprint density at radius 3 is 2.94 bits per heavy atom. The Bertz CT molecular complexity index is 498. The molecule has 0 aliphatic rings. The molecule has 3 nitrogen and oxygen atoms in total. The van der Waals surface area contributed by atoms with Crippen LogP contribution in [0.2, 0.25) is 5.02 Å². The van der Waals surface area contributed by atoms with Crippen LogP contribution in [0.4, 0.5) is 5.13 Å². The lowest BCUT2D eigenvalue weighted by atomic mass is 10.1. The van der Waals surface area contributed by atoms with Crippen LogP contribution in [-0.2, 0) is 6.42 Å². The van der Waals surface area contributed by atoms with Crippen molar-refractivity contribution in [2.75, 3.05) is 12.8 Å². The summed E-state index contributed by atoms with van der Waals surface area (Å²) in [6.45, 7) is 0. The highest BCUT2D eigenvalue weighted by Gasteiger charge is 2.06. The molecule has 84 valence electrons. The zero-order valence-corrected chi connectivity index (χ0v) is 10.3. The van der Waals surface area contributed by atoms with Gasteiger partial charge in [0.1, 0.15) is 5.75 Å². The van der Waals surface area contributed by atoms with Crippen molar-refractivity contribution in [3.8, 4) is 5.75 Å². The fourth-order valence-electron chi connectivity index (χ4n) is 1.41. The van der Waals surface area contributed by atoms with Gasteiger partial charge in [-0.05, 0) is 23.8 Å². The predicted molar refractivity (Wildman–Crippen MR) is 67.3 cm³/mol. The second-order valence-electron chi connectivity index (χ2n) is 3.30. The molecule has 0 atom stereocenters. The number of nitrogens with two attached hydrogens (primary N) is 1. The van der Waals surface area contributed by atoms with Crippen LogP contribution in [0, 0.1) is 0 Å². The van der Waals surface area contributed by atoms with E-state index < -0.39 is 0 Å². The Labute approximate surface area is 103 Å². The van der Waals surface area contributed by atoms with Gasteiger partial charge in [0.25, 0.3) is 0 Å². The standard InChI is InChI=1S/C11H11ClN2OS/c1-15-8-2-3-10(12)7(4-8)5-9-6-14-11(13)16-9/h2-4,6H,5H2,1H3,(H2,13,14). The molecule has 0 saturated heterocycles. The van der Waals surface area contributed by atoms with Crippen molar-refractivity contribution in [2.45, 2.75) is 6.42 Å². The summed E-state index contributed by atoms with van der Waals surface area (Å²) < 4.78 is 5.16. The summed E-state index contributed by atoms with van der Waals surface area (Å²) in [4.78, 5) is 5.10. The Balaban J connectivity index is 2.26. The van der Waals surface area contributed by atoms with Crippen molar-refractivity contribution in [1.29, 1.82) is 0 Å². The van der Waals surface area contributed by atoms with Crippen LogP contribution in [0.25, 0.3) is 0 Å². The molecule has 0 unspecified atom stereocenters. The molecule has 0 saturated carbocycles. The first-order chi connectivity index (χ1) is 7.69. The van der Waals surface area contributed by atoms with E-state index in [1.807, 2.05) is 18.2 Å². The van der Waals surface area contributed by atoms with Gasteiger partial charge in [-0.15, -0.1) is 11.3 Å². The van der Waals surface area contributed by atoms with Crippen LogP contribution >= 0.6 is 22.9 Å². The minimum Gasteiger partial charge on any atom is -0.497 e. The number of benzene rings is 1. The zero-order valence-electron chi connectivity index (χ0n) is 8.74. The van der Waals surface area contributed by atoms with Gasteiger partial charge >= 0.3 is 0 Å². The molecule has 2 N–H and O–H groups in total. The van der Waals surface area contributed by atoms with Crippen LogP contribution in [0.5, 0.6) is 5.75 Å². The fraction of sp³-hybridized carbons (Fsp3) is 0.182. The summed E-state index contributed by atoms with van der Waals surface area (Å²) in [6.07, 6.45) is 2.50. The third-order valence-corrected chi connectivity index (χ3v) is 3.38. The molecule has 2 aromatic rings. The highest BCUT2D eigenvalue weighted by Crippen LogP contribution is 2.26. The maximum atomic E-state index is 6.11. The van der Waals surface area contributed by atoms with Gasteiger partial charge in [-0.25, -0.2) is 4.98 Å². The largest absolute Gasteiger partial charge is 0.497 e. The van der Waals surface area contributed by atoms with E-state index >= 15 is 0 Å². The third-order valence-electron chi connectivity index (χ3n) is 2.19. The summed E-state index contributed by atoms with van der Waals surface area (Å²) in [5, 5.41) is 1.31. The summed E-state index contributed by atoms with van der Waals surface area (Å²) in [7, 11) is 1.64. The van der Waals surface area contributed by atoms with Crippen molar-refractivity contribution in [3.05, 3.63) is 39.9 Å². The molecule has 0 aliphatic carbocycles. The number of methoxy groups -OCH3 is 1. The number of nitrogens with zero attached hydrogens (tertiary/aromatic N) is 1. The maximum Gasteiger partial charge on any atom is 0.180 e. The molecular formula is C11H11ClN2OS. The number of hydrogen-bond donors (Lipinski definition) is 1. The predicted octanol–water partition coefficient (Wildman–Crippen LogP) is 2.98. The molecule has 2 rings (SSSR count). The number of hydrogen-bond acceptors (Lipinski definition) is 4. The molecule has 0 radical (unpaired) electrons. The van der Waals surface area contributed by atoms with Gasteiger partial charge in [0, 0.05) is 22.5 Å². The first-order valence-electron chi connectivity index (χ1n) is 4.71. The van der Waals surface area contributed by atoms with E-state index in [2.05, 4.69) is 4.98 Å². The molecule has 16 heavy (non-hydrogen) atoms. The molecule has 0 fully saturated rings. The third kappa shape index (κ3) is 2.46. The highest BCUT2D eigenvalue weighted by molar-refractivity contribution is 7.15. The molecule has 0 amide bonds. The fourth-order valence-corrected chi connectivity index (χ4v) is 2.30. The number of nitrogen functional groups attached to an aromatic ring is 1. The lowest BCUT2D eigenvalue weighted by Gasteiger charge is -2.05. The lowest BCUT2D eigenvalue weighted by molar-refractivity contribution is 0.414. The van der Waals surface area contributed by atoms with Gasteiger partial charge in [0.05, 0.1) is 7.11 Å². The maximum absolute atomic E-state index is 6.11. The number of aromatic nitrogens is 1. The summed E-state index contributed by atoms with van der Waals surface area (Å²) in [5.41, 5.74) is 6.59. The first kappa shape index (κ1) is 11.2. The van der Waals surface area contributed by atoms with Crippen LogP contribution in [0.3, 0.4) is 0 Å². The van der Waals surface area contributed by atoms with Crippen molar-refractivity contribution in [2.24, 2.45) is 0 Å². The minimum absolute atomic E-state index is 0.578. The van der Waals surface area contributed by atoms with Crippen molar-refractivity contribution in [3.63, 3.8) is 0 Å². The van der Waals surface area contributed by atoms with E-state index in [0.29, 0.717) is 5.13 Å². The van der Waals surface area contributed by atoms with E-state index in [-0.39, 0.29) is 0 Å². The van der Waals surface area contributed by atoms with Crippen molar-refractivity contribution >= 4 is 28.1 Å². The van der Waals surface area contributed by atoms with Crippen molar-refractivity contribution < 1.29 is 4.74 Å². The molecule has 0 aliphatic heterocycles. The molecule has 1 heterocycles. The number of rotatable bonds is 3. The first-order valence-corrected chi connectivity index (χ1v) is 5.91. The van der Waals surface area contributed by atoms with E-state index in [4.69, 9.17) is 22.1 Å². The van der Waals surface area contributed by atoms with Crippen LogP contribution in [0.15, 0.2) is 24.4 Å². The van der Waals surface area contributed by atoms with Gasteiger partial charge in [0.15, 0.2) is 5.13 Å². The minimum atomic E-state index is 0.578. The smallest absolute Gasteiger partial charge is 0.180 e. The van der Waals surface area contributed by atoms with Crippen LogP contribution < -0.4 is 10.5 Å². The topological polar surface area (TPSA) is 48.1 Å². The van der Waals surface area contributed by atoms with E-state index in [1.54, 1.807) is 13.3 Å². The van der Waals surface area contributed by atoms with Crippen molar-refractivity contribution in [1.82, 2.24) is 4.98 Å². The molecule has 1 aromatic carbocycles. The van der Waals surface area contributed by atoms with Gasteiger partial charge in [-0.1, -0.05) is 11.6 Å². The normalized spacial score (nSPS) is 10.4. The number of ether oxygens (including phenoxy) is 1. The SMILES string of the molecule is COc1ccc(Cl)c(Cc2cnc(N)s2)c1. The van der Waals surface area contributed by atoms with Gasteiger partial charge < -0.3 is 10.5 Å². The number of anilines is 1. The lowest BCUT2D eigenvalue weighted by Crippen LogP contribution is -1.89. The van der Waals surface area contributed by atoms with E-state index in [9.17, 15) is 0 Å². The second kappa shape index (κ2) is 4.72. The van der Waals surface area contributed by atoms with Gasteiger partial charge in [-0.2, -0.15) is 0 Å². The van der Waals surface area contributed by atoms with Crippen LogP contribution in [-0.4, -0.2) is 12.1 Å². The average Bonchev–Trinajstić information content (AvgIpc) is 2.67. The summed E-state index contributed by atoms with van der Waals surface area (Å²) in [5.74, 6) is 0.803. The second-order valence-corrected chi connectivity index (χ2v) is 4.85. The molecule has 1 aromatic heterocycles. The molecule has 0 spiro atoms. The Morgan fingerprint density at radius 2 is 2.31 bits per heavy atom. The van der Waals surface area contributed by atoms with Gasteiger partial charge in [-0.3, -0.25) is 0 Å². The number of thiazole rings is 1. The van der Waals surface area contributed by atoms with Gasteiger partial charge in [0.2, 0.25) is 0 Å². The summed E-state index contributed by atoms with van der Waals surface area (Å²) >= 11 is 7.58. The molecular weight excluding hydrogens is 244 g/mol. The highest BCUT2D eigenvalue weighted by atomic mass is 35.5. The molecule has 5 heteroatoms. The van der Waals surface area contributed by atoms with Crippen LogP contribution in [0.1, 0.15) is 10.4 Å². The summed E-state index contributed by atoms with van der Waals surface area (Å²) in [6, 6.07) is 5.60. The number of halogens is 1. The monoisotopic (exact) mass is 254 g/mol. The van der Waals surface area contributed by atoms with E-state index in [0.717, 1.165) is 27.6 Å². The quantitative estimate of drug-likeness (QED) is 0.916. The molecule has 0 bridgehead atoms. The Morgan fingerprint density at radius 1 is 1.50 bits per heavy atom.